The van der Waals surface area contributed by atoms with Crippen molar-refractivity contribution in [1.29, 1.82) is 0 Å². The monoisotopic (exact) mass is 251 g/mol. The third kappa shape index (κ3) is 2.19. The molecule has 2 aromatic carbocycles. The van der Waals surface area contributed by atoms with Crippen molar-refractivity contribution in [3.63, 3.8) is 0 Å². The zero-order valence-corrected chi connectivity index (χ0v) is 11.0. The van der Waals surface area contributed by atoms with E-state index < -0.39 is 0 Å². The first kappa shape index (κ1) is 11.8. The predicted octanol–water partition coefficient (Wildman–Crippen LogP) is 3.17. The van der Waals surface area contributed by atoms with Crippen LogP contribution in [0.2, 0.25) is 0 Å². The summed E-state index contributed by atoms with van der Waals surface area (Å²) >= 11 is 0. The summed E-state index contributed by atoms with van der Waals surface area (Å²) in [5.41, 5.74) is 10.3. The van der Waals surface area contributed by atoms with Gasteiger partial charge < -0.3 is 10.3 Å². The van der Waals surface area contributed by atoms with Crippen molar-refractivity contribution < 1.29 is 0 Å². The van der Waals surface area contributed by atoms with Gasteiger partial charge in [0, 0.05) is 12.2 Å². The molecule has 3 aromatic rings. The molecule has 0 saturated heterocycles. The van der Waals surface area contributed by atoms with Crippen LogP contribution in [0, 0.1) is 6.92 Å². The molecule has 0 spiro atoms. The van der Waals surface area contributed by atoms with E-state index >= 15 is 0 Å². The quantitative estimate of drug-likeness (QED) is 0.727. The van der Waals surface area contributed by atoms with Crippen LogP contribution in [-0.2, 0) is 13.0 Å². The standard InChI is InChI=1S/C16H17N3/c1-12-18-15-8-4-5-9-16(15)19(12)11-10-13-6-2-3-7-14(13)17/h2-9H,10-11,17H2,1H3. The Morgan fingerprint density at radius 1 is 1.05 bits per heavy atom. The van der Waals surface area contributed by atoms with Gasteiger partial charge in [0.25, 0.3) is 0 Å². The number of aromatic nitrogens is 2. The van der Waals surface area contributed by atoms with E-state index in [1.165, 1.54) is 11.1 Å². The van der Waals surface area contributed by atoms with Crippen molar-refractivity contribution in [1.82, 2.24) is 9.55 Å². The van der Waals surface area contributed by atoms with Crippen LogP contribution in [0.25, 0.3) is 11.0 Å². The molecule has 0 radical (unpaired) electrons. The van der Waals surface area contributed by atoms with Crippen LogP contribution in [0.5, 0.6) is 0 Å². The maximum absolute atomic E-state index is 5.99. The Hall–Kier alpha value is -2.29. The van der Waals surface area contributed by atoms with E-state index in [9.17, 15) is 0 Å². The summed E-state index contributed by atoms with van der Waals surface area (Å²) in [7, 11) is 0. The third-order valence-electron chi connectivity index (χ3n) is 3.51. The fraction of sp³-hybridized carbons (Fsp3) is 0.188. The molecule has 0 atom stereocenters. The average Bonchev–Trinajstić information content (AvgIpc) is 2.74. The van der Waals surface area contributed by atoms with Gasteiger partial charge in [0.2, 0.25) is 0 Å². The number of fused-ring (bicyclic) bond motifs is 1. The molecule has 0 aliphatic rings. The van der Waals surface area contributed by atoms with Gasteiger partial charge in [0.1, 0.15) is 5.82 Å². The lowest BCUT2D eigenvalue weighted by Crippen LogP contribution is -2.05. The molecule has 3 nitrogen and oxygen atoms in total. The molecule has 96 valence electrons. The van der Waals surface area contributed by atoms with E-state index in [1.807, 2.05) is 31.2 Å². The minimum atomic E-state index is 0.865. The van der Waals surface area contributed by atoms with Gasteiger partial charge >= 0.3 is 0 Å². The lowest BCUT2D eigenvalue weighted by atomic mass is 10.1. The summed E-state index contributed by atoms with van der Waals surface area (Å²) < 4.78 is 2.25. The Labute approximate surface area is 112 Å². The SMILES string of the molecule is Cc1nc2ccccc2n1CCc1ccccc1N. The number of anilines is 1. The Morgan fingerprint density at radius 2 is 1.79 bits per heavy atom. The first-order valence-electron chi connectivity index (χ1n) is 6.51. The zero-order chi connectivity index (χ0) is 13.2. The summed E-state index contributed by atoms with van der Waals surface area (Å²) in [5.74, 6) is 1.05. The Morgan fingerprint density at radius 3 is 2.63 bits per heavy atom. The van der Waals surface area contributed by atoms with Gasteiger partial charge in [0.05, 0.1) is 11.0 Å². The van der Waals surface area contributed by atoms with Crippen LogP contribution < -0.4 is 5.73 Å². The number of hydrogen-bond donors (Lipinski definition) is 1. The third-order valence-corrected chi connectivity index (χ3v) is 3.51. The average molecular weight is 251 g/mol. The summed E-state index contributed by atoms with van der Waals surface area (Å²) in [6, 6.07) is 16.3. The van der Waals surface area contributed by atoms with Crippen LogP contribution in [0.4, 0.5) is 5.69 Å². The molecular weight excluding hydrogens is 234 g/mol. The Kier molecular flexibility index (Phi) is 2.95. The first-order valence-corrected chi connectivity index (χ1v) is 6.51. The molecule has 1 aromatic heterocycles. The molecule has 0 bridgehead atoms. The van der Waals surface area contributed by atoms with E-state index in [4.69, 9.17) is 5.73 Å². The molecular formula is C16H17N3. The number of aryl methyl sites for hydroxylation is 3. The smallest absolute Gasteiger partial charge is 0.106 e. The van der Waals surface area contributed by atoms with Crippen molar-refractivity contribution in [2.24, 2.45) is 0 Å². The highest BCUT2D eigenvalue weighted by molar-refractivity contribution is 5.75. The molecule has 2 N–H and O–H groups in total. The van der Waals surface area contributed by atoms with Crippen LogP contribution in [-0.4, -0.2) is 9.55 Å². The number of para-hydroxylation sites is 3. The number of nitrogen functional groups attached to an aromatic ring is 1. The van der Waals surface area contributed by atoms with E-state index in [1.54, 1.807) is 0 Å². The van der Waals surface area contributed by atoms with Gasteiger partial charge in [-0.25, -0.2) is 4.98 Å². The van der Waals surface area contributed by atoms with Crippen LogP contribution in [0.15, 0.2) is 48.5 Å². The highest BCUT2D eigenvalue weighted by Crippen LogP contribution is 2.18. The van der Waals surface area contributed by atoms with Crippen molar-refractivity contribution in [2.45, 2.75) is 19.9 Å². The van der Waals surface area contributed by atoms with Crippen LogP contribution in [0.1, 0.15) is 11.4 Å². The molecule has 1 heterocycles. The van der Waals surface area contributed by atoms with Crippen molar-refractivity contribution in [3.05, 3.63) is 59.9 Å². The van der Waals surface area contributed by atoms with E-state index in [0.29, 0.717) is 0 Å². The topological polar surface area (TPSA) is 43.8 Å². The Balaban J connectivity index is 1.90. The lowest BCUT2D eigenvalue weighted by molar-refractivity contribution is 0.693. The number of hydrogen-bond acceptors (Lipinski definition) is 2. The number of nitrogens with two attached hydrogens (primary N) is 1. The second-order valence-electron chi connectivity index (χ2n) is 4.75. The van der Waals surface area contributed by atoms with Crippen LogP contribution in [0.3, 0.4) is 0 Å². The number of nitrogens with zero attached hydrogens (tertiary/aromatic N) is 2. The highest BCUT2D eigenvalue weighted by Gasteiger charge is 2.07. The van der Waals surface area contributed by atoms with E-state index in [0.717, 1.165) is 30.0 Å². The zero-order valence-electron chi connectivity index (χ0n) is 11.0. The minimum absolute atomic E-state index is 0.865. The first-order chi connectivity index (χ1) is 9.25. The molecule has 0 unspecified atom stereocenters. The molecule has 3 heteroatoms. The van der Waals surface area contributed by atoms with Crippen molar-refractivity contribution in [2.75, 3.05) is 5.73 Å². The lowest BCUT2D eigenvalue weighted by Gasteiger charge is -2.08. The molecule has 0 fully saturated rings. The molecule has 0 amide bonds. The summed E-state index contributed by atoms with van der Waals surface area (Å²) in [6.45, 7) is 2.95. The van der Waals surface area contributed by atoms with E-state index in [-0.39, 0.29) is 0 Å². The van der Waals surface area contributed by atoms with E-state index in [2.05, 4.69) is 33.8 Å². The van der Waals surface area contributed by atoms with Gasteiger partial charge in [-0.2, -0.15) is 0 Å². The Bertz CT molecular complexity index is 713. The largest absolute Gasteiger partial charge is 0.399 e. The summed E-state index contributed by atoms with van der Waals surface area (Å²) in [6.07, 6.45) is 0.924. The van der Waals surface area contributed by atoms with Gasteiger partial charge in [-0.15, -0.1) is 0 Å². The maximum Gasteiger partial charge on any atom is 0.106 e. The summed E-state index contributed by atoms with van der Waals surface area (Å²) in [4.78, 5) is 4.58. The fourth-order valence-electron chi connectivity index (χ4n) is 2.47. The van der Waals surface area contributed by atoms with Gasteiger partial charge in [-0.1, -0.05) is 30.3 Å². The number of benzene rings is 2. The fourth-order valence-corrected chi connectivity index (χ4v) is 2.47. The van der Waals surface area contributed by atoms with Gasteiger partial charge in [-0.05, 0) is 37.1 Å². The molecule has 19 heavy (non-hydrogen) atoms. The summed E-state index contributed by atoms with van der Waals surface area (Å²) in [5, 5.41) is 0. The molecule has 0 saturated carbocycles. The van der Waals surface area contributed by atoms with Gasteiger partial charge in [0.15, 0.2) is 0 Å². The predicted molar refractivity (Wildman–Crippen MR) is 79.0 cm³/mol. The molecule has 0 aliphatic carbocycles. The second kappa shape index (κ2) is 4.76. The highest BCUT2D eigenvalue weighted by atomic mass is 15.1. The number of imidazole rings is 1. The van der Waals surface area contributed by atoms with Crippen LogP contribution >= 0.6 is 0 Å². The maximum atomic E-state index is 5.99. The van der Waals surface area contributed by atoms with Crippen molar-refractivity contribution >= 4 is 16.7 Å². The normalized spacial score (nSPS) is 11.0. The minimum Gasteiger partial charge on any atom is -0.399 e. The number of rotatable bonds is 3. The molecule has 3 rings (SSSR count). The van der Waals surface area contributed by atoms with Crippen molar-refractivity contribution in [3.8, 4) is 0 Å². The molecule has 0 aliphatic heterocycles. The van der Waals surface area contributed by atoms with Gasteiger partial charge in [-0.3, -0.25) is 0 Å². The second-order valence-corrected chi connectivity index (χ2v) is 4.75.